The van der Waals surface area contributed by atoms with E-state index in [1.54, 1.807) is 0 Å². The van der Waals surface area contributed by atoms with Crippen LogP contribution in [0.4, 0.5) is 0 Å². The largest absolute Gasteiger partial charge is 0.493 e. The normalized spacial score (nSPS) is 12.2. The van der Waals surface area contributed by atoms with Crippen molar-refractivity contribution in [2.75, 3.05) is 6.61 Å². The van der Waals surface area contributed by atoms with Crippen molar-refractivity contribution in [2.24, 2.45) is 5.92 Å². The summed E-state index contributed by atoms with van der Waals surface area (Å²) in [4.78, 5) is 0. The highest BCUT2D eigenvalue weighted by Gasteiger charge is 2.08. The predicted octanol–water partition coefficient (Wildman–Crippen LogP) is 7.21. The highest BCUT2D eigenvalue weighted by molar-refractivity contribution is 5.57. The van der Waals surface area contributed by atoms with Gasteiger partial charge in [-0.1, -0.05) is 90.0 Å². The predicted molar refractivity (Wildman–Crippen MR) is 125 cm³/mol. The van der Waals surface area contributed by atoms with Crippen LogP contribution in [0.25, 0.3) is 6.08 Å². The Labute approximate surface area is 176 Å². The van der Waals surface area contributed by atoms with Crippen molar-refractivity contribution < 1.29 is 4.74 Å². The van der Waals surface area contributed by atoms with Crippen LogP contribution >= 0.6 is 0 Å². The number of para-hydroxylation sites is 1. The van der Waals surface area contributed by atoms with Gasteiger partial charge in [0, 0.05) is 5.56 Å². The first-order valence-electron chi connectivity index (χ1n) is 10.6. The third kappa shape index (κ3) is 6.64. The van der Waals surface area contributed by atoms with E-state index in [0.29, 0.717) is 12.5 Å². The number of ether oxygens (including phenoxy) is 1. The van der Waals surface area contributed by atoms with Crippen LogP contribution < -0.4 is 4.74 Å². The molecule has 0 aromatic heterocycles. The summed E-state index contributed by atoms with van der Waals surface area (Å²) in [5.41, 5.74) is 6.59. The van der Waals surface area contributed by atoms with Crippen molar-refractivity contribution in [1.82, 2.24) is 0 Å². The maximum atomic E-state index is 5.79. The molecular weight excluding hydrogens is 352 g/mol. The van der Waals surface area contributed by atoms with Crippen LogP contribution in [0.1, 0.15) is 41.2 Å². The molecule has 0 saturated carbocycles. The Balaban J connectivity index is 1.75. The fourth-order valence-electron chi connectivity index (χ4n) is 3.54. The standard InChI is InChI=1S/C28H32O/c1-4-29-28-8-6-5-7-27(28)20-19-26(21-25-15-11-23(3)12-16-25)18-17-24-13-9-22(2)10-14-24/h5-16,19-20,26H,4,17-18,21H2,1-3H3/b20-19+. The molecule has 1 heteroatoms. The molecule has 1 nitrogen and oxygen atoms in total. The highest BCUT2D eigenvalue weighted by atomic mass is 16.5. The van der Waals surface area contributed by atoms with Gasteiger partial charge in [0.05, 0.1) is 6.61 Å². The molecule has 0 heterocycles. The zero-order valence-corrected chi connectivity index (χ0v) is 17.9. The van der Waals surface area contributed by atoms with Crippen molar-refractivity contribution in [3.05, 3.63) is 107 Å². The summed E-state index contributed by atoms with van der Waals surface area (Å²) in [6.07, 6.45) is 7.88. The molecule has 3 rings (SSSR count). The minimum Gasteiger partial charge on any atom is -0.493 e. The molecule has 0 aliphatic carbocycles. The molecule has 0 amide bonds. The van der Waals surface area contributed by atoms with Crippen LogP contribution in [-0.4, -0.2) is 6.61 Å². The second-order valence-electron chi connectivity index (χ2n) is 7.80. The lowest BCUT2D eigenvalue weighted by molar-refractivity contribution is 0.339. The summed E-state index contributed by atoms with van der Waals surface area (Å²) in [6, 6.07) is 26.1. The van der Waals surface area contributed by atoms with Gasteiger partial charge in [0.15, 0.2) is 0 Å². The molecular formula is C28H32O. The van der Waals surface area contributed by atoms with Crippen LogP contribution in [0.5, 0.6) is 5.75 Å². The summed E-state index contributed by atoms with van der Waals surface area (Å²) in [6.45, 7) is 7.00. The summed E-state index contributed by atoms with van der Waals surface area (Å²) < 4.78 is 5.79. The molecule has 0 radical (unpaired) electrons. The molecule has 0 N–H and O–H groups in total. The molecule has 1 atom stereocenters. The average Bonchev–Trinajstić information content (AvgIpc) is 2.74. The highest BCUT2D eigenvalue weighted by Crippen LogP contribution is 2.23. The van der Waals surface area contributed by atoms with E-state index in [9.17, 15) is 0 Å². The number of hydrogen-bond donors (Lipinski definition) is 0. The molecule has 3 aromatic carbocycles. The van der Waals surface area contributed by atoms with E-state index in [1.165, 1.54) is 22.3 Å². The van der Waals surface area contributed by atoms with Crippen LogP contribution in [-0.2, 0) is 12.8 Å². The van der Waals surface area contributed by atoms with Crippen molar-refractivity contribution in [3.63, 3.8) is 0 Å². The number of benzene rings is 3. The summed E-state index contributed by atoms with van der Waals surface area (Å²) in [5, 5.41) is 0. The van der Waals surface area contributed by atoms with Gasteiger partial charge in [-0.15, -0.1) is 0 Å². The summed E-state index contributed by atoms with van der Waals surface area (Å²) >= 11 is 0. The number of rotatable bonds is 9. The van der Waals surface area contributed by atoms with Crippen LogP contribution in [0.15, 0.2) is 78.9 Å². The Bertz CT molecular complexity index is 904. The van der Waals surface area contributed by atoms with Gasteiger partial charge in [0.25, 0.3) is 0 Å². The molecule has 29 heavy (non-hydrogen) atoms. The maximum Gasteiger partial charge on any atom is 0.126 e. The van der Waals surface area contributed by atoms with Crippen molar-refractivity contribution in [3.8, 4) is 5.75 Å². The summed E-state index contributed by atoms with van der Waals surface area (Å²) in [5.74, 6) is 1.44. The lowest BCUT2D eigenvalue weighted by Crippen LogP contribution is -2.04. The zero-order valence-electron chi connectivity index (χ0n) is 17.9. The third-order valence-electron chi connectivity index (χ3n) is 5.31. The minimum atomic E-state index is 0.480. The fraction of sp³-hybridized carbons (Fsp3) is 0.286. The Kier molecular flexibility index (Phi) is 7.69. The van der Waals surface area contributed by atoms with E-state index >= 15 is 0 Å². The lowest BCUT2D eigenvalue weighted by atomic mass is 9.91. The number of allylic oxidation sites excluding steroid dienone is 1. The Hall–Kier alpha value is -2.80. The van der Waals surface area contributed by atoms with E-state index in [4.69, 9.17) is 4.74 Å². The number of hydrogen-bond acceptors (Lipinski definition) is 1. The molecule has 0 saturated heterocycles. The molecule has 150 valence electrons. The van der Waals surface area contributed by atoms with E-state index < -0.39 is 0 Å². The first kappa shape index (κ1) is 20.9. The van der Waals surface area contributed by atoms with Crippen LogP contribution in [0.2, 0.25) is 0 Å². The van der Waals surface area contributed by atoms with Gasteiger partial charge in [0.2, 0.25) is 0 Å². The second kappa shape index (κ2) is 10.7. The van der Waals surface area contributed by atoms with Crippen molar-refractivity contribution >= 4 is 6.08 Å². The van der Waals surface area contributed by atoms with Gasteiger partial charge in [-0.25, -0.2) is 0 Å². The van der Waals surface area contributed by atoms with E-state index in [2.05, 4.69) is 86.7 Å². The Morgan fingerprint density at radius 2 is 1.41 bits per heavy atom. The number of aryl methyl sites for hydroxylation is 3. The van der Waals surface area contributed by atoms with Gasteiger partial charge >= 0.3 is 0 Å². The Morgan fingerprint density at radius 1 is 0.793 bits per heavy atom. The molecule has 0 aliphatic heterocycles. The van der Waals surface area contributed by atoms with Crippen molar-refractivity contribution in [2.45, 2.75) is 40.0 Å². The lowest BCUT2D eigenvalue weighted by Gasteiger charge is -2.14. The summed E-state index contributed by atoms with van der Waals surface area (Å²) in [7, 11) is 0. The zero-order chi connectivity index (χ0) is 20.5. The molecule has 0 aliphatic rings. The third-order valence-corrected chi connectivity index (χ3v) is 5.31. The van der Waals surface area contributed by atoms with Gasteiger partial charge in [-0.05, 0) is 63.1 Å². The first-order valence-corrected chi connectivity index (χ1v) is 10.6. The van der Waals surface area contributed by atoms with Crippen LogP contribution in [0.3, 0.4) is 0 Å². The van der Waals surface area contributed by atoms with Gasteiger partial charge < -0.3 is 4.74 Å². The molecule has 3 aromatic rings. The molecule has 0 fully saturated rings. The van der Waals surface area contributed by atoms with Crippen molar-refractivity contribution in [1.29, 1.82) is 0 Å². The maximum absolute atomic E-state index is 5.79. The van der Waals surface area contributed by atoms with Gasteiger partial charge in [-0.3, -0.25) is 0 Å². The van der Waals surface area contributed by atoms with Crippen LogP contribution in [0, 0.1) is 19.8 Å². The molecule has 1 unspecified atom stereocenters. The minimum absolute atomic E-state index is 0.480. The monoisotopic (exact) mass is 384 g/mol. The van der Waals surface area contributed by atoms with E-state index in [1.807, 2.05) is 19.1 Å². The molecule has 0 spiro atoms. The topological polar surface area (TPSA) is 9.23 Å². The average molecular weight is 385 g/mol. The van der Waals surface area contributed by atoms with E-state index in [0.717, 1.165) is 30.6 Å². The Morgan fingerprint density at radius 3 is 2.07 bits per heavy atom. The van der Waals surface area contributed by atoms with E-state index in [-0.39, 0.29) is 0 Å². The quantitative estimate of drug-likeness (QED) is 0.379. The second-order valence-corrected chi connectivity index (χ2v) is 7.80. The first-order chi connectivity index (χ1) is 14.1. The SMILES string of the molecule is CCOc1ccccc1/C=C/C(CCc1ccc(C)cc1)Cc1ccc(C)cc1. The van der Waals surface area contributed by atoms with Gasteiger partial charge in [-0.2, -0.15) is 0 Å². The fourth-order valence-corrected chi connectivity index (χ4v) is 3.54. The molecule has 0 bridgehead atoms. The van der Waals surface area contributed by atoms with Gasteiger partial charge in [0.1, 0.15) is 5.75 Å². The smallest absolute Gasteiger partial charge is 0.126 e.